The van der Waals surface area contributed by atoms with Crippen molar-refractivity contribution in [1.82, 2.24) is 0 Å². The lowest BCUT2D eigenvalue weighted by Crippen LogP contribution is -2.28. The first-order chi connectivity index (χ1) is 14.5. The van der Waals surface area contributed by atoms with E-state index < -0.39 is 25.7 Å². The van der Waals surface area contributed by atoms with Crippen molar-refractivity contribution in [2.75, 3.05) is 11.5 Å². The van der Waals surface area contributed by atoms with Crippen molar-refractivity contribution < 1.29 is 24.9 Å². The molecule has 0 spiro atoms. The number of hydrogen-bond acceptors (Lipinski definition) is 5. The third-order valence-electron chi connectivity index (χ3n) is 5.44. The minimum absolute atomic E-state index is 0.0973. The highest BCUT2D eigenvalue weighted by Crippen LogP contribution is 2.34. The number of carbonyl (C=O) groups excluding carboxylic acids is 1. The van der Waals surface area contributed by atoms with Crippen molar-refractivity contribution in [3.8, 4) is 11.5 Å². The zero-order valence-electron chi connectivity index (χ0n) is 19.5. The molecule has 1 unspecified atom stereocenters. The summed E-state index contributed by atoms with van der Waals surface area (Å²) in [6.45, 7) is 8.55. The van der Waals surface area contributed by atoms with Gasteiger partial charge in [-0.25, -0.2) is 0 Å². The lowest BCUT2D eigenvalue weighted by atomic mass is 9.87. The fourth-order valence-electron chi connectivity index (χ4n) is 3.73. The number of carboxylic acids is 1. The second-order valence-electron chi connectivity index (χ2n) is 9.63. The summed E-state index contributed by atoms with van der Waals surface area (Å²) in [6, 6.07) is 0. The molecule has 3 N–H and O–H groups in total. The molecule has 5 nitrogen and oxygen atoms in total. The minimum Gasteiger partial charge on any atom is -0.481 e. The summed E-state index contributed by atoms with van der Waals surface area (Å²) in [7, 11) is -1.60. The molecule has 0 aliphatic heterocycles. The molecule has 0 aromatic rings. The SMILES string of the molecule is CCCCC(O)(C#C[Si](C)(C)C)CC=C[C@H]1[C@H](O)CC(=O)[C@@H]1CCCCSCC(=O)O. The molecule has 1 aliphatic rings. The van der Waals surface area contributed by atoms with E-state index >= 15 is 0 Å². The van der Waals surface area contributed by atoms with Gasteiger partial charge in [0.25, 0.3) is 0 Å². The van der Waals surface area contributed by atoms with Gasteiger partial charge in [0.1, 0.15) is 19.5 Å². The summed E-state index contributed by atoms with van der Waals surface area (Å²) in [5, 5.41) is 30.1. The van der Waals surface area contributed by atoms with Crippen LogP contribution in [0.1, 0.15) is 58.3 Å². The molecule has 0 bridgehead atoms. The van der Waals surface area contributed by atoms with Crippen LogP contribution in [0.5, 0.6) is 0 Å². The first-order valence-electron chi connectivity index (χ1n) is 11.4. The summed E-state index contributed by atoms with van der Waals surface area (Å²) in [5.41, 5.74) is 2.23. The van der Waals surface area contributed by atoms with Crippen molar-refractivity contribution in [1.29, 1.82) is 0 Å². The Labute approximate surface area is 193 Å². The summed E-state index contributed by atoms with van der Waals surface area (Å²) >= 11 is 1.39. The van der Waals surface area contributed by atoms with Gasteiger partial charge in [-0.2, -0.15) is 11.8 Å². The normalized spacial score (nSPS) is 23.5. The van der Waals surface area contributed by atoms with Gasteiger partial charge in [-0.15, -0.1) is 5.54 Å². The Bertz CT molecular complexity index is 676. The topological polar surface area (TPSA) is 94.8 Å². The molecule has 0 heterocycles. The number of aliphatic carboxylic acids is 1. The number of hydrogen-bond donors (Lipinski definition) is 3. The number of aliphatic hydroxyl groups is 2. The number of aliphatic hydroxyl groups excluding tert-OH is 1. The summed E-state index contributed by atoms with van der Waals surface area (Å²) in [5.74, 6) is 2.86. The third-order valence-corrected chi connectivity index (χ3v) is 7.34. The predicted octanol–water partition coefficient (Wildman–Crippen LogP) is 4.29. The van der Waals surface area contributed by atoms with Crippen LogP contribution in [0.4, 0.5) is 0 Å². The van der Waals surface area contributed by atoms with Gasteiger partial charge in [-0.3, -0.25) is 9.59 Å². The van der Waals surface area contributed by atoms with Crippen LogP contribution in [0.2, 0.25) is 19.6 Å². The quantitative estimate of drug-likeness (QED) is 0.162. The Morgan fingerprint density at radius 1 is 1.29 bits per heavy atom. The van der Waals surface area contributed by atoms with Crippen molar-refractivity contribution >= 4 is 31.6 Å². The Balaban J connectivity index is 2.70. The molecule has 0 aromatic carbocycles. The third kappa shape index (κ3) is 11.4. The van der Waals surface area contributed by atoms with E-state index in [1.165, 1.54) is 11.8 Å². The monoisotopic (exact) mass is 468 g/mol. The average Bonchev–Trinajstić information content (AvgIpc) is 2.93. The van der Waals surface area contributed by atoms with Gasteiger partial charge < -0.3 is 15.3 Å². The second kappa shape index (κ2) is 13.5. The molecule has 4 atom stereocenters. The molecule has 1 fully saturated rings. The van der Waals surface area contributed by atoms with Gasteiger partial charge >= 0.3 is 5.97 Å². The van der Waals surface area contributed by atoms with E-state index in [0.29, 0.717) is 19.3 Å². The molecule has 31 heavy (non-hydrogen) atoms. The van der Waals surface area contributed by atoms with Crippen LogP contribution in [-0.4, -0.2) is 58.4 Å². The highest BCUT2D eigenvalue weighted by Gasteiger charge is 2.39. The maximum atomic E-state index is 12.4. The summed E-state index contributed by atoms with van der Waals surface area (Å²) in [4.78, 5) is 22.9. The lowest BCUT2D eigenvalue weighted by Gasteiger charge is -2.22. The molecular formula is C24H40O5SSi. The van der Waals surface area contributed by atoms with Crippen LogP contribution >= 0.6 is 11.8 Å². The van der Waals surface area contributed by atoms with E-state index in [1.54, 1.807) is 0 Å². The van der Waals surface area contributed by atoms with Gasteiger partial charge in [-0.1, -0.05) is 57.5 Å². The molecule has 0 radical (unpaired) electrons. The van der Waals surface area contributed by atoms with E-state index in [-0.39, 0.29) is 29.8 Å². The number of thioether (sulfide) groups is 1. The number of carboxylic acid groups (broad SMARTS) is 1. The van der Waals surface area contributed by atoms with Gasteiger partial charge in [0.2, 0.25) is 0 Å². The van der Waals surface area contributed by atoms with Gasteiger partial charge in [-0.05, 0) is 31.4 Å². The number of rotatable bonds is 13. The molecular weight excluding hydrogens is 428 g/mol. The molecule has 7 heteroatoms. The molecule has 1 rings (SSSR count). The lowest BCUT2D eigenvalue weighted by molar-refractivity contribution is -0.134. The minimum atomic E-state index is -1.60. The fourth-order valence-corrected chi connectivity index (χ4v) is 5.06. The van der Waals surface area contributed by atoms with E-state index in [9.17, 15) is 19.8 Å². The highest BCUT2D eigenvalue weighted by atomic mass is 32.2. The molecule has 0 aromatic heterocycles. The molecule has 176 valence electrons. The van der Waals surface area contributed by atoms with Crippen molar-refractivity contribution in [3.63, 3.8) is 0 Å². The van der Waals surface area contributed by atoms with Crippen LogP contribution in [0.15, 0.2) is 12.2 Å². The standard InChI is InChI=1S/C24H40O5SSi/c1-5-6-12-24(29,14-16-31(2,3)4)13-9-11-20-19(21(25)17-22(20)26)10-7-8-15-30-18-23(27)28/h9,11,19-20,22,26,29H,5-8,10,12-13,15,17-18H2,1-4H3,(H,27,28)/t19-,20-,22-,24?/m1/s1. The largest absolute Gasteiger partial charge is 0.481 e. The zero-order valence-corrected chi connectivity index (χ0v) is 21.3. The second-order valence-corrected chi connectivity index (χ2v) is 15.5. The van der Waals surface area contributed by atoms with E-state index in [4.69, 9.17) is 5.11 Å². The molecule has 1 aliphatic carbocycles. The van der Waals surface area contributed by atoms with Gasteiger partial charge in [0, 0.05) is 24.7 Å². The van der Waals surface area contributed by atoms with Crippen LogP contribution in [-0.2, 0) is 9.59 Å². The molecule has 1 saturated carbocycles. The zero-order chi connectivity index (χ0) is 23.5. The first kappa shape index (κ1) is 28.0. The number of carbonyl (C=O) groups is 2. The van der Waals surface area contributed by atoms with Crippen LogP contribution in [0.25, 0.3) is 0 Å². The Morgan fingerprint density at radius 3 is 2.61 bits per heavy atom. The predicted molar refractivity (Wildman–Crippen MR) is 131 cm³/mol. The molecule has 0 amide bonds. The maximum absolute atomic E-state index is 12.4. The average molecular weight is 469 g/mol. The van der Waals surface area contributed by atoms with Crippen LogP contribution < -0.4 is 0 Å². The van der Waals surface area contributed by atoms with Crippen molar-refractivity contribution in [3.05, 3.63) is 12.2 Å². The van der Waals surface area contributed by atoms with Gasteiger partial charge in [0.05, 0.1) is 11.9 Å². The Hall–Kier alpha value is -1.07. The number of ketones is 1. The highest BCUT2D eigenvalue weighted by molar-refractivity contribution is 7.99. The molecule has 0 saturated heterocycles. The number of Topliss-reactive ketones (excluding diaryl/α,β-unsaturated/α-hetero) is 1. The van der Waals surface area contributed by atoms with Crippen LogP contribution in [0.3, 0.4) is 0 Å². The number of unbranched alkanes of at least 4 members (excludes halogenated alkanes) is 2. The van der Waals surface area contributed by atoms with E-state index in [0.717, 1.165) is 31.4 Å². The first-order valence-corrected chi connectivity index (χ1v) is 16.1. The maximum Gasteiger partial charge on any atom is 0.313 e. The van der Waals surface area contributed by atoms with Crippen LogP contribution in [0, 0.1) is 23.3 Å². The summed E-state index contributed by atoms with van der Waals surface area (Å²) < 4.78 is 0. The Morgan fingerprint density at radius 2 is 2.00 bits per heavy atom. The van der Waals surface area contributed by atoms with Crippen molar-refractivity contribution in [2.45, 2.75) is 89.6 Å². The van der Waals surface area contributed by atoms with E-state index in [1.807, 2.05) is 12.2 Å². The van der Waals surface area contributed by atoms with Gasteiger partial charge in [0.15, 0.2) is 0 Å². The smallest absolute Gasteiger partial charge is 0.313 e. The Kier molecular flexibility index (Phi) is 12.1. The summed E-state index contributed by atoms with van der Waals surface area (Å²) in [6.07, 6.45) is 8.63. The fraction of sp³-hybridized carbons (Fsp3) is 0.750. The van der Waals surface area contributed by atoms with E-state index in [2.05, 4.69) is 38.0 Å². The van der Waals surface area contributed by atoms with Crippen molar-refractivity contribution in [2.24, 2.45) is 11.8 Å².